The Labute approximate surface area is 97.5 Å². The fraction of sp³-hybridized carbons (Fsp3) is 0.333. The van der Waals surface area contributed by atoms with Crippen LogP contribution < -0.4 is 0 Å². The summed E-state index contributed by atoms with van der Waals surface area (Å²) in [5.74, 6) is 1.05. The Bertz CT molecular complexity index is 400. The standard InChI is InChI=1S/C12H14O3S/c1-2-14-12-9-16(13)8-11(15-12)10-6-4-3-5-7-10/h3-8,12H,2,9H2,1H3/t12-,16?/m0/s1. The van der Waals surface area contributed by atoms with Crippen molar-refractivity contribution in [3.05, 3.63) is 41.3 Å². The van der Waals surface area contributed by atoms with Gasteiger partial charge in [0.15, 0.2) is 0 Å². The smallest absolute Gasteiger partial charge is 0.211 e. The Morgan fingerprint density at radius 2 is 2.19 bits per heavy atom. The summed E-state index contributed by atoms with van der Waals surface area (Å²) < 4.78 is 22.6. The van der Waals surface area contributed by atoms with Crippen molar-refractivity contribution in [1.82, 2.24) is 0 Å². The van der Waals surface area contributed by atoms with Crippen LogP contribution in [-0.4, -0.2) is 22.9 Å². The summed E-state index contributed by atoms with van der Waals surface area (Å²) in [6.45, 7) is 2.46. The lowest BCUT2D eigenvalue weighted by atomic mass is 10.2. The van der Waals surface area contributed by atoms with E-state index in [0.29, 0.717) is 18.1 Å². The van der Waals surface area contributed by atoms with Crippen molar-refractivity contribution in [2.75, 3.05) is 12.4 Å². The second-order valence-electron chi connectivity index (χ2n) is 3.40. The van der Waals surface area contributed by atoms with Crippen LogP contribution in [0.15, 0.2) is 35.7 Å². The predicted molar refractivity (Wildman–Crippen MR) is 63.9 cm³/mol. The maximum atomic E-state index is 11.6. The van der Waals surface area contributed by atoms with E-state index in [4.69, 9.17) is 9.47 Å². The summed E-state index contributed by atoms with van der Waals surface area (Å²) in [7, 11) is -1.01. The quantitative estimate of drug-likeness (QED) is 0.809. The molecule has 3 nitrogen and oxygen atoms in total. The van der Waals surface area contributed by atoms with E-state index in [9.17, 15) is 4.21 Å². The van der Waals surface area contributed by atoms with E-state index >= 15 is 0 Å². The first-order valence-electron chi connectivity index (χ1n) is 5.22. The number of hydrogen-bond acceptors (Lipinski definition) is 3. The highest BCUT2D eigenvalue weighted by Gasteiger charge is 2.21. The number of rotatable bonds is 3. The monoisotopic (exact) mass is 238 g/mol. The maximum absolute atomic E-state index is 11.6. The average Bonchev–Trinajstić information content (AvgIpc) is 2.30. The molecule has 1 aliphatic heterocycles. The zero-order valence-corrected chi connectivity index (χ0v) is 9.91. The molecule has 0 saturated heterocycles. The second-order valence-corrected chi connectivity index (χ2v) is 4.73. The van der Waals surface area contributed by atoms with Gasteiger partial charge in [0.2, 0.25) is 6.29 Å². The molecular formula is C12H14O3S. The Morgan fingerprint density at radius 3 is 2.88 bits per heavy atom. The van der Waals surface area contributed by atoms with E-state index in [0.717, 1.165) is 5.56 Å². The summed E-state index contributed by atoms with van der Waals surface area (Å²) in [5, 5.41) is 1.64. The molecule has 0 aliphatic carbocycles. The van der Waals surface area contributed by atoms with Crippen LogP contribution in [0.5, 0.6) is 0 Å². The molecule has 0 spiro atoms. The number of ether oxygens (including phenoxy) is 2. The van der Waals surface area contributed by atoms with Gasteiger partial charge in [0.1, 0.15) is 5.76 Å². The van der Waals surface area contributed by atoms with Crippen LogP contribution in [0.2, 0.25) is 0 Å². The van der Waals surface area contributed by atoms with Gasteiger partial charge >= 0.3 is 0 Å². The lowest BCUT2D eigenvalue weighted by Gasteiger charge is -2.23. The minimum absolute atomic E-state index is 0.397. The summed E-state index contributed by atoms with van der Waals surface area (Å²) in [5.41, 5.74) is 0.931. The number of hydrogen-bond donors (Lipinski definition) is 0. The molecule has 0 bridgehead atoms. The highest BCUT2D eigenvalue weighted by Crippen LogP contribution is 2.23. The van der Waals surface area contributed by atoms with Crippen LogP contribution in [0.1, 0.15) is 12.5 Å². The Kier molecular flexibility index (Phi) is 3.74. The maximum Gasteiger partial charge on any atom is 0.211 e. The highest BCUT2D eigenvalue weighted by molar-refractivity contribution is 7.88. The van der Waals surface area contributed by atoms with Crippen LogP contribution in [-0.2, 0) is 20.3 Å². The van der Waals surface area contributed by atoms with Crippen molar-refractivity contribution in [2.45, 2.75) is 13.2 Å². The topological polar surface area (TPSA) is 35.5 Å². The van der Waals surface area contributed by atoms with Gasteiger partial charge < -0.3 is 9.47 Å². The molecule has 0 saturated carbocycles. The fourth-order valence-corrected chi connectivity index (χ4v) is 2.47. The molecule has 1 unspecified atom stereocenters. The van der Waals surface area contributed by atoms with Crippen molar-refractivity contribution in [1.29, 1.82) is 0 Å². The first-order chi connectivity index (χ1) is 7.79. The summed E-state index contributed by atoms with van der Waals surface area (Å²) in [4.78, 5) is 0. The zero-order valence-electron chi connectivity index (χ0n) is 9.09. The molecule has 2 rings (SSSR count). The first kappa shape index (κ1) is 11.4. The molecule has 16 heavy (non-hydrogen) atoms. The van der Waals surface area contributed by atoms with E-state index in [-0.39, 0.29) is 0 Å². The van der Waals surface area contributed by atoms with Crippen LogP contribution >= 0.6 is 0 Å². The van der Waals surface area contributed by atoms with Gasteiger partial charge in [-0.3, -0.25) is 4.21 Å². The average molecular weight is 238 g/mol. The van der Waals surface area contributed by atoms with Crippen molar-refractivity contribution in [3.8, 4) is 0 Å². The Morgan fingerprint density at radius 1 is 1.44 bits per heavy atom. The van der Waals surface area contributed by atoms with Crippen LogP contribution in [0.25, 0.3) is 5.76 Å². The zero-order chi connectivity index (χ0) is 11.4. The minimum atomic E-state index is -1.01. The van der Waals surface area contributed by atoms with Crippen LogP contribution in [0.3, 0.4) is 0 Å². The highest BCUT2D eigenvalue weighted by atomic mass is 32.2. The van der Waals surface area contributed by atoms with E-state index in [1.54, 1.807) is 5.41 Å². The van der Waals surface area contributed by atoms with E-state index in [1.807, 2.05) is 37.3 Å². The van der Waals surface area contributed by atoms with E-state index < -0.39 is 17.1 Å². The third-order valence-electron chi connectivity index (χ3n) is 2.21. The normalized spacial score (nSPS) is 24.7. The van der Waals surface area contributed by atoms with Crippen LogP contribution in [0.4, 0.5) is 0 Å². The predicted octanol–water partition coefficient (Wildman–Crippen LogP) is 2.13. The molecule has 0 amide bonds. The summed E-state index contributed by atoms with van der Waals surface area (Å²) in [6, 6.07) is 9.64. The summed E-state index contributed by atoms with van der Waals surface area (Å²) >= 11 is 0. The van der Waals surface area contributed by atoms with E-state index in [1.165, 1.54) is 0 Å². The fourth-order valence-electron chi connectivity index (χ4n) is 1.51. The molecule has 0 fully saturated rings. The van der Waals surface area contributed by atoms with Crippen molar-refractivity contribution in [2.24, 2.45) is 0 Å². The third kappa shape index (κ3) is 2.71. The minimum Gasteiger partial charge on any atom is -0.463 e. The number of benzene rings is 1. The van der Waals surface area contributed by atoms with Gasteiger partial charge in [-0.25, -0.2) is 0 Å². The third-order valence-corrected chi connectivity index (χ3v) is 3.29. The molecule has 1 heterocycles. The lowest BCUT2D eigenvalue weighted by molar-refractivity contribution is -0.0765. The first-order valence-corrected chi connectivity index (χ1v) is 6.60. The largest absolute Gasteiger partial charge is 0.463 e. The molecule has 1 aromatic rings. The molecule has 0 N–H and O–H groups in total. The molecule has 0 aromatic heterocycles. The van der Waals surface area contributed by atoms with Gasteiger partial charge in [0.25, 0.3) is 0 Å². The lowest BCUT2D eigenvalue weighted by Crippen LogP contribution is -2.26. The van der Waals surface area contributed by atoms with Gasteiger partial charge in [-0.1, -0.05) is 30.3 Å². The Hall–Kier alpha value is -1.13. The van der Waals surface area contributed by atoms with E-state index in [2.05, 4.69) is 0 Å². The van der Waals surface area contributed by atoms with Gasteiger partial charge in [-0.2, -0.15) is 0 Å². The van der Waals surface area contributed by atoms with Crippen molar-refractivity contribution >= 4 is 16.6 Å². The molecular weight excluding hydrogens is 224 g/mol. The van der Waals surface area contributed by atoms with Gasteiger partial charge in [0, 0.05) is 17.6 Å². The molecule has 2 atom stereocenters. The SMILES string of the molecule is CCO[C@@H]1CS(=O)C=C(c2ccccc2)O1. The molecule has 1 aromatic carbocycles. The molecule has 1 aliphatic rings. The van der Waals surface area contributed by atoms with Crippen LogP contribution in [0, 0.1) is 0 Å². The molecule has 86 valence electrons. The van der Waals surface area contributed by atoms with Gasteiger partial charge in [-0.15, -0.1) is 0 Å². The molecule has 4 heteroatoms. The summed E-state index contributed by atoms with van der Waals surface area (Å²) in [6.07, 6.45) is -0.397. The molecule has 0 radical (unpaired) electrons. The van der Waals surface area contributed by atoms with Crippen molar-refractivity contribution < 1.29 is 13.7 Å². The Balaban J connectivity index is 2.18. The van der Waals surface area contributed by atoms with Gasteiger partial charge in [0.05, 0.1) is 16.6 Å². The second kappa shape index (κ2) is 5.27. The van der Waals surface area contributed by atoms with Crippen molar-refractivity contribution in [3.63, 3.8) is 0 Å². The van der Waals surface area contributed by atoms with Gasteiger partial charge in [-0.05, 0) is 6.92 Å².